The second-order valence-electron chi connectivity index (χ2n) is 7.69. The zero-order chi connectivity index (χ0) is 23.2. The fourth-order valence-electron chi connectivity index (χ4n) is 3.85. The van der Waals surface area contributed by atoms with Crippen molar-refractivity contribution in [2.24, 2.45) is 0 Å². The number of imide groups is 2. The van der Waals surface area contributed by atoms with Gasteiger partial charge in [-0.3, -0.25) is 24.6 Å². The van der Waals surface area contributed by atoms with Crippen LogP contribution in [0.3, 0.4) is 0 Å². The third kappa shape index (κ3) is 4.98. The summed E-state index contributed by atoms with van der Waals surface area (Å²) in [7, 11) is 0. The zero-order valence-corrected chi connectivity index (χ0v) is 17.9. The summed E-state index contributed by atoms with van der Waals surface area (Å²) in [5, 5.41) is 5.19. The van der Waals surface area contributed by atoms with E-state index in [0.717, 1.165) is 16.0 Å². The van der Waals surface area contributed by atoms with Crippen LogP contribution in [0.25, 0.3) is 0 Å². The fourth-order valence-corrected chi connectivity index (χ4v) is 3.85. The number of hydrogen-bond donors (Lipinski definition) is 2. The molecule has 4 rings (SSSR count). The summed E-state index contributed by atoms with van der Waals surface area (Å²) < 4.78 is 0. The molecule has 1 aliphatic heterocycles. The third-order valence-corrected chi connectivity index (χ3v) is 5.46. The Hall–Kier alpha value is -4.26. The molecule has 0 aliphatic carbocycles. The molecule has 2 N–H and O–H groups in total. The first-order chi connectivity index (χ1) is 16.0. The Balaban J connectivity index is 1.31. The van der Waals surface area contributed by atoms with E-state index >= 15 is 0 Å². The van der Waals surface area contributed by atoms with Gasteiger partial charge in [0.15, 0.2) is 0 Å². The summed E-state index contributed by atoms with van der Waals surface area (Å²) in [5.41, 5.74) is 2.52. The largest absolute Gasteiger partial charge is 0.327 e. The minimum Gasteiger partial charge on any atom is -0.327 e. The van der Waals surface area contributed by atoms with Gasteiger partial charge in [-0.1, -0.05) is 72.8 Å². The van der Waals surface area contributed by atoms with Crippen LogP contribution in [0.2, 0.25) is 0 Å². The first-order valence-electron chi connectivity index (χ1n) is 10.7. The molecule has 0 radical (unpaired) electrons. The average Bonchev–Trinajstić information content (AvgIpc) is 3.08. The van der Waals surface area contributed by atoms with Gasteiger partial charge in [0.1, 0.15) is 0 Å². The van der Waals surface area contributed by atoms with Crippen LogP contribution in [0.4, 0.5) is 4.79 Å². The first kappa shape index (κ1) is 22.0. The van der Waals surface area contributed by atoms with Crippen LogP contribution in [-0.2, 0) is 4.79 Å². The van der Waals surface area contributed by atoms with E-state index in [0.29, 0.717) is 11.1 Å². The molecule has 0 fully saturated rings. The molecular formula is C26H23N3O4. The molecule has 166 valence electrons. The summed E-state index contributed by atoms with van der Waals surface area (Å²) in [6.45, 7) is 0.109. The van der Waals surface area contributed by atoms with Crippen LogP contribution in [0.5, 0.6) is 0 Å². The van der Waals surface area contributed by atoms with Gasteiger partial charge in [-0.2, -0.15) is 0 Å². The Morgan fingerprint density at radius 1 is 0.727 bits per heavy atom. The van der Waals surface area contributed by atoms with Gasteiger partial charge in [-0.15, -0.1) is 0 Å². The molecule has 1 aliphatic rings. The smallest absolute Gasteiger partial charge is 0.322 e. The van der Waals surface area contributed by atoms with E-state index < -0.39 is 18.0 Å². The number of carbonyl (C=O) groups is 4. The third-order valence-electron chi connectivity index (χ3n) is 5.46. The molecular weight excluding hydrogens is 418 g/mol. The molecule has 0 saturated carbocycles. The summed E-state index contributed by atoms with van der Waals surface area (Å²) in [6, 6.07) is 24.5. The van der Waals surface area contributed by atoms with Crippen LogP contribution in [-0.4, -0.2) is 35.2 Å². The molecule has 0 bridgehead atoms. The molecule has 3 aromatic carbocycles. The first-order valence-corrected chi connectivity index (χ1v) is 10.7. The van der Waals surface area contributed by atoms with E-state index in [1.54, 1.807) is 24.3 Å². The van der Waals surface area contributed by atoms with Gasteiger partial charge in [0.2, 0.25) is 5.91 Å². The van der Waals surface area contributed by atoms with Crippen molar-refractivity contribution in [1.29, 1.82) is 0 Å². The van der Waals surface area contributed by atoms with E-state index in [-0.39, 0.29) is 31.2 Å². The van der Waals surface area contributed by atoms with E-state index in [9.17, 15) is 19.2 Å². The number of fused-ring (bicyclic) bond motifs is 1. The molecule has 5 amide bonds. The van der Waals surface area contributed by atoms with Crippen LogP contribution < -0.4 is 10.6 Å². The number of carbonyl (C=O) groups excluding carboxylic acids is 4. The molecule has 0 spiro atoms. The predicted molar refractivity (Wildman–Crippen MR) is 122 cm³/mol. The average molecular weight is 441 g/mol. The van der Waals surface area contributed by atoms with Crippen molar-refractivity contribution in [2.75, 3.05) is 6.54 Å². The Morgan fingerprint density at radius 2 is 1.21 bits per heavy atom. The maximum Gasteiger partial charge on any atom is 0.322 e. The quantitative estimate of drug-likeness (QED) is 0.547. The highest BCUT2D eigenvalue weighted by atomic mass is 16.2. The van der Waals surface area contributed by atoms with Crippen molar-refractivity contribution in [3.05, 3.63) is 107 Å². The van der Waals surface area contributed by atoms with Crippen LogP contribution in [0.1, 0.15) is 50.7 Å². The minimum atomic E-state index is -0.613. The highest BCUT2D eigenvalue weighted by molar-refractivity contribution is 6.21. The van der Waals surface area contributed by atoms with Crippen molar-refractivity contribution >= 4 is 23.8 Å². The molecule has 7 heteroatoms. The van der Waals surface area contributed by atoms with Gasteiger partial charge < -0.3 is 5.32 Å². The zero-order valence-electron chi connectivity index (χ0n) is 17.9. The Labute approximate surface area is 191 Å². The summed E-state index contributed by atoms with van der Waals surface area (Å²) in [5.74, 6) is -1.20. The number of urea groups is 1. The predicted octanol–water partition coefficient (Wildman–Crippen LogP) is 3.68. The van der Waals surface area contributed by atoms with Gasteiger partial charge in [0.05, 0.1) is 17.2 Å². The topological polar surface area (TPSA) is 95.6 Å². The number of amides is 5. The maximum atomic E-state index is 12.5. The maximum absolute atomic E-state index is 12.5. The Bertz CT molecular complexity index is 1100. The SMILES string of the molecule is O=C(CCCN1C(=O)c2ccccc2C1=O)NC(=O)NC(c1ccccc1)c1ccccc1. The molecule has 0 unspecified atom stereocenters. The van der Waals surface area contributed by atoms with Crippen LogP contribution >= 0.6 is 0 Å². The minimum absolute atomic E-state index is 0.00215. The van der Waals surface area contributed by atoms with Crippen molar-refractivity contribution in [1.82, 2.24) is 15.5 Å². The van der Waals surface area contributed by atoms with E-state index in [2.05, 4.69) is 10.6 Å². The lowest BCUT2D eigenvalue weighted by molar-refractivity contribution is -0.120. The Kier molecular flexibility index (Phi) is 6.59. The number of benzene rings is 3. The van der Waals surface area contributed by atoms with Gasteiger partial charge in [-0.05, 0) is 29.7 Å². The molecule has 33 heavy (non-hydrogen) atoms. The summed E-state index contributed by atoms with van der Waals surface area (Å²) in [6.07, 6.45) is 0.257. The standard InChI is InChI=1S/C26H23N3O4/c30-22(16-9-17-29-24(31)20-14-7-8-15-21(20)25(29)32)27-26(33)28-23(18-10-3-1-4-11-18)19-12-5-2-6-13-19/h1-8,10-15,23H,9,16-17H2,(H2,27,28,30,33). The normalized spacial score (nSPS) is 12.6. The lowest BCUT2D eigenvalue weighted by Crippen LogP contribution is -2.41. The Morgan fingerprint density at radius 3 is 1.73 bits per heavy atom. The number of rotatable bonds is 7. The van der Waals surface area contributed by atoms with Gasteiger partial charge in [-0.25, -0.2) is 4.79 Å². The van der Waals surface area contributed by atoms with E-state index in [4.69, 9.17) is 0 Å². The van der Waals surface area contributed by atoms with Gasteiger partial charge in [0.25, 0.3) is 11.8 Å². The summed E-state index contributed by atoms with van der Waals surface area (Å²) in [4.78, 5) is 50.7. The van der Waals surface area contributed by atoms with Crippen molar-refractivity contribution in [3.63, 3.8) is 0 Å². The number of nitrogens with zero attached hydrogens (tertiary/aromatic N) is 1. The van der Waals surface area contributed by atoms with E-state index in [1.165, 1.54) is 0 Å². The van der Waals surface area contributed by atoms with Crippen molar-refractivity contribution in [2.45, 2.75) is 18.9 Å². The monoisotopic (exact) mass is 441 g/mol. The molecule has 0 saturated heterocycles. The fraction of sp³-hybridized carbons (Fsp3) is 0.154. The van der Waals surface area contributed by atoms with Crippen molar-refractivity contribution in [3.8, 4) is 0 Å². The molecule has 0 aromatic heterocycles. The molecule has 7 nitrogen and oxygen atoms in total. The number of nitrogens with one attached hydrogen (secondary N) is 2. The van der Waals surface area contributed by atoms with Gasteiger partial charge in [0, 0.05) is 13.0 Å². The van der Waals surface area contributed by atoms with Crippen LogP contribution in [0, 0.1) is 0 Å². The second kappa shape index (κ2) is 9.91. The molecule has 1 heterocycles. The highest BCUT2D eigenvalue weighted by Crippen LogP contribution is 2.23. The lowest BCUT2D eigenvalue weighted by Gasteiger charge is -2.20. The van der Waals surface area contributed by atoms with Crippen molar-refractivity contribution < 1.29 is 19.2 Å². The van der Waals surface area contributed by atoms with Crippen LogP contribution in [0.15, 0.2) is 84.9 Å². The van der Waals surface area contributed by atoms with E-state index in [1.807, 2.05) is 60.7 Å². The lowest BCUT2D eigenvalue weighted by atomic mass is 9.99. The highest BCUT2D eigenvalue weighted by Gasteiger charge is 2.34. The summed E-state index contributed by atoms with van der Waals surface area (Å²) >= 11 is 0. The number of hydrogen-bond acceptors (Lipinski definition) is 4. The molecule has 0 atom stereocenters. The molecule has 3 aromatic rings. The second-order valence-corrected chi connectivity index (χ2v) is 7.69. The van der Waals surface area contributed by atoms with Gasteiger partial charge >= 0.3 is 6.03 Å².